The van der Waals surface area contributed by atoms with E-state index < -0.39 is 0 Å². The van der Waals surface area contributed by atoms with Gasteiger partial charge in [0.15, 0.2) is 5.75 Å². The van der Waals surface area contributed by atoms with Gasteiger partial charge in [0.05, 0.1) is 29.9 Å². The van der Waals surface area contributed by atoms with Crippen LogP contribution in [-0.4, -0.2) is 33.5 Å². The van der Waals surface area contributed by atoms with Crippen molar-refractivity contribution in [2.75, 3.05) is 14.2 Å². The monoisotopic (exact) mass is 281 g/mol. The number of aryl methyl sites for hydroxylation is 2. The molecule has 0 bridgehead atoms. The average Bonchev–Trinajstić information content (AvgIpc) is 3.00. The van der Waals surface area contributed by atoms with Crippen LogP contribution in [0, 0.1) is 0 Å². The topological polar surface area (TPSA) is 64.9 Å². The first-order chi connectivity index (χ1) is 9.22. The average molecular weight is 281 g/mol. The van der Waals surface area contributed by atoms with E-state index in [1.165, 1.54) is 11.5 Å². The zero-order valence-electron chi connectivity index (χ0n) is 11.7. The molecule has 0 fully saturated rings. The summed E-state index contributed by atoms with van der Waals surface area (Å²) >= 11 is 1.43. The van der Waals surface area contributed by atoms with Crippen LogP contribution >= 0.6 is 11.5 Å². The third-order valence-electron chi connectivity index (χ3n) is 3.07. The number of rotatable bonds is 6. The van der Waals surface area contributed by atoms with Gasteiger partial charge >= 0.3 is 0 Å². The van der Waals surface area contributed by atoms with Gasteiger partial charge in [-0.15, -0.1) is 5.10 Å². The van der Waals surface area contributed by atoms with E-state index >= 15 is 0 Å². The lowest BCUT2D eigenvalue weighted by Crippen LogP contribution is -2.21. The zero-order valence-corrected chi connectivity index (χ0v) is 12.5. The molecule has 0 spiro atoms. The Labute approximate surface area is 117 Å². The van der Waals surface area contributed by atoms with Crippen molar-refractivity contribution in [2.45, 2.75) is 25.8 Å². The summed E-state index contributed by atoms with van der Waals surface area (Å²) < 4.78 is 11.3. The zero-order chi connectivity index (χ0) is 13.8. The van der Waals surface area contributed by atoms with Crippen LogP contribution in [0.2, 0.25) is 0 Å². The van der Waals surface area contributed by atoms with E-state index in [2.05, 4.69) is 26.9 Å². The van der Waals surface area contributed by atoms with Crippen molar-refractivity contribution in [1.82, 2.24) is 24.7 Å². The van der Waals surface area contributed by atoms with Crippen LogP contribution in [0.25, 0.3) is 0 Å². The Morgan fingerprint density at radius 3 is 2.95 bits per heavy atom. The van der Waals surface area contributed by atoms with Crippen molar-refractivity contribution in [3.05, 3.63) is 22.5 Å². The van der Waals surface area contributed by atoms with Crippen molar-refractivity contribution in [3.63, 3.8) is 0 Å². The van der Waals surface area contributed by atoms with Crippen molar-refractivity contribution < 1.29 is 4.74 Å². The third kappa shape index (κ3) is 2.62. The van der Waals surface area contributed by atoms with Crippen LogP contribution in [0.4, 0.5) is 0 Å². The summed E-state index contributed by atoms with van der Waals surface area (Å²) in [5.74, 6) is 0.776. The van der Waals surface area contributed by atoms with Crippen LogP contribution in [0.3, 0.4) is 0 Å². The summed E-state index contributed by atoms with van der Waals surface area (Å²) in [6.45, 7) is 2.14. The molecule has 2 aromatic rings. The summed E-state index contributed by atoms with van der Waals surface area (Å²) in [6, 6.07) is 0.00370. The number of nitrogens with one attached hydrogen (secondary N) is 1. The number of methoxy groups -OCH3 is 1. The smallest absolute Gasteiger partial charge is 0.161 e. The molecule has 7 heteroatoms. The summed E-state index contributed by atoms with van der Waals surface area (Å²) in [7, 11) is 5.49. The highest BCUT2D eigenvalue weighted by molar-refractivity contribution is 7.05. The van der Waals surface area contributed by atoms with Gasteiger partial charge < -0.3 is 10.1 Å². The predicted molar refractivity (Wildman–Crippen MR) is 74.6 cm³/mol. The molecule has 1 unspecified atom stereocenters. The Hall–Kier alpha value is -1.47. The lowest BCUT2D eigenvalue weighted by Gasteiger charge is -2.17. The van der Waals surface area contributed by atoms with E-state index in [4.69, 9.17) is 4.74 Å². The predicted octanol–water partition coefficient (Wildman–Crippen LogP) is 1.54. The molecule has 0 aromatic carbocycles. The van der Waals surface area contributed by atoms with Gasteiger partial charge in [0.2, 0.25) is 0 Å². The van der Waals surface area contributed by atoms with Gasteiger partial charge in [-0.05, 0) is 25.0 Å². The minimum Gasteiger partial charge on any atom is -0.493 e. The molecule has 0 aliphatic heterocycles. The molecule has 2 rings (SSSR count). The van der Waals surface area contributed by atoms with Crippen LogP contribution in [0.5, 0.6) is 5.75 Å². The lowest BCUT2D eigenvalue weighted by atomic mass is 10.1. The van der Waals surface area contributed by atoms with E-state index in [1.807, 2.05) is 18.8 Å². The lowest BCUT2D eigenvalue weighted by molar-refractivity contribution is 0.403. The summed E-state index contributed by atoms with van der Waals surface area (Å²) in [6.07, 6.45) is 3.72. The second-order valence-electron chi connectivity index (χ2n) is 4.28. The largest absolute Gasteiger partial charge is 0.493 e. The first-order valence-electron chi connectivity index (χ1n) is 6.27. The van der Waals surface area contributed by atoms with Gasteiger partial charge in [-0.1, -0.05) is 17.8 Å². The third-order valence-corrected chi connectivity index (χ3v) is 3.90. The Balaban J connectivity index is 2.44. The quantitative estimate of drug-likeness (QED) is 0.870. The summed E-state index contributed by atoms with van der Waals surface area (Å²) in [4.78, 5) is 1.13. The van der Waals surface area contributed by atoms with E-state index in [9.17, 15) is 0 Å². The van der Waals surface area contributed by atoms with Crippen LogP contribution in [0.15, 0.2) is 6.20 Å². The van der Waals surface area contributed by atoms with Gasteiger partial charge in [-0.3, -0.25) is 4.68 Å². The highest BCUT2D eigenvalue weighted by Gasteiger charge is 2.25. The summed E-state index contributed by atoms with van der Waals surface area (Å²) in [5, 5.41) is 11.8. The van der Waals surface area contributed by atoms with E-state index in [0.29, 0.717) is 0 Å². The number of ether oxygens (including phenoxy) is 1. The highest BCUT2D eigenvalue weighted by Crippen LogP contribution is 2.32. The Kier molecular flexibility index (Phi) is 4.49. The molecule has 104 valence electrons. The molecule has 19 heavy (non-hydrogen) atoms. The fraction of sp³-hybridized carbons (Fsp3) is 0.583. The normalized spacial score (nSPS) is 12.6. The first kappa shape index (κ1) is 14.0. The fourth-order valence-electron chi connectivity index (χ4n) is 2.15. The molecule has 0 saturated heterocycles. The maximum absolute atomic E-state index is 5.39. The van der Waals surface area contributed by atoms with Gasteiger partial charge in [0.1, 0.15) is 5.69 Å². The molecule has 0 radical (unpaired) electrons. The second-order valence-corrected chi connectivity index (χ2v) is 5.06. The number of hydrogen-bond donors (Lipinski definition) is 1. The molecular formula is C12H19N5OS. The Morgan fingerprint density at radius 1 is 1.53 bits per heavy atom. The number of hydrogen-bond acceptors (Lipinski definition) is 6. The second kappa shape index (κ2) is 6.12. The molecule has 0 aliphatic rings. The maximum Gasteiger partial charge on any atom is 0.161 e. The fourth-order valence-corrected chi connectivity index (χ4v) is 2.96. The first-order valence-corrected chi connectivity index (χ1v) is 7.04. The van der Waals surface area contributed by atoms with Crippen LogP contribution in [-0.2, 0) is 13.5 Å². The Morgan fingerprint density at radius 2 is 2.32 bits per heavy atom. The van der Waals surface area contributed by atoms with Crippen molar-refractivity contribution in [3.8, 4) is 5.75 Å². The van der Waals surface area contributed by atoms with Crippen LogP contribution < -0.4 is 10.1 Å². The number of aromatic nitrogens is 4. The van der Waals surface area contributed by atoms with E-state index in [1.54, 1.807) is 13.3 Å². The molecule has 2 aromatic heterocycles. The van der Waals surface area contributed by atoms with Gasteiger partial charge in [0.25, 0.3) is 0 Å². The molecule has 6 nitrogen and oxygen atoms in total. The molecule has 1 N–H and O–H groups in total. The standard InChI is InChI=1S/C12H19N5OS/c1-5-6-8-12(19-16-15-8)10(13-2)11-9(18-4)7-14-17(11)3/h7,10,13H,5-6H2,1-4H3. The minimum absolute atomic E-state index is 0.00370. The Bertz CT molecular complexity index is 536. The molecule has 0 saturated carbocycles. The minimum atomic E-state index is 0.00370. The SMILES string of the molecule is CCCc1nnsc1C(NC)c1c(OC)cnn1C. The molecule has 0 aliphatic carbocycles. The maximum atomic E-state index is 5.39. The molecule has 1 atom stereocenters. The molecule has 0 amide bonds. The molecule has 2 heterocycles. The van der Waals surface area contributed by atoms with E-state index in [0.717, 1.165) is 34.9 Å². The van der Waals surface area contributed by atoms with Crippen molar-refractivity contribution in [2.24, 2.45) is 7.05 Å². The molecular weight excluding hydrogens is 262 g/mol. The van der Waals surface area contributed by atoms with E-state index in [-0.39, 0.29) is 6.04 Å². The number of nitrogens with zero attached hydrogens (tertiary/aromatic N) is 4. The van der Waals surface area contributed by atoms with Crippen molar-refractivity contribution >= 4 is 11.5 Å². The van der Waals surface area contributed by atoms with Crippen molar-refractivity contribution in [1.29, 1.82) is 0 Å². The van der Waals surface area contributed by atoms with Crippen LogP contribution in [0.1, 0.15) is 35.7 Å². The van der Waals surface area contributed by atoms with Gasteiger partial charge in [-0.25, -0.2) is 0 Å². The van der Waals surface area contributed by atoms with Gasteiger partial charge in [0, 0.05) is 7.05 Å². The highest BCUT2D eigenvalue weighted by atomic mass is 32.1. The summed E-state index contributed by atoms with van der Waals surface area (Å²) in [5.41, 5.74) is 2.04. The van der Waals surface area contributed by atoms with Gasteiger partial charge in [-0.2, -0.15) is 5.10 Å².